The lowest BCUT2D eigenvalue weighted by Gasteiger charge is -2.32. The monoisotopic (exact) mass is 313 g/mol. The van der Waals surface area contributed by atoms with Crippen LogP contribution in [0.5, 0.6) is 5.75 Å². The molecule has 1 aliphatic carbocycles. The van der Waals surface area contributed by atoms with Gasteiger partial charge in [-0.3, -0.25) is 0 Å². The summed E-state index contributed by atoms with van der Waals surface area (Å²) in [6.07, 6.45) is 3.75. The third-order valence-electron chi connectivity index (χ3n) is 5.35. The number of rotatable bonds is 4. The highest BCUT2D eigenvalue weighted by molar-refractivity contribution is 6.62. The molecule has 0 radical (unpaired) electrons. The Kier molecular flexibility index (Phi) is 4.16. The fourth-order valence-corrected chi connectivity index (χ4v) is 2.75. The van der Waals surface area contributed by atoms with Gasteiger partial charge in [0.05, 0.1) is 23.4 Å². The fourth-order valence-electron chi connectivity index (χ4n) is 2.75. The molecule has 1 saturated heterocycles. The van der Waals surface area contributed by atoms with Crippen LogP contribution < -0.4 is 10.2 Å². The van der Waals surface area contributed by atoms with Gasteiger partial charge in [0.1, 0.15) is 11.8 Å². The van der Waals surface area contributed by atoms with Gasteiger partial charge < -0.3 is 14.0 Å². The molecule has 0 bridgehead atoms. The van der Waals surface area contributed by atoms with Crippen LogP contribution in [-0.2, 0) is 9.31 Å². The van der Waals surface area contributed by atoms with E-state index in [0.717, 1.165) is 5.46 Å². The summed E-state index contributed by atoms with van der Waals surface area (Å²) in [5.74, 6) is 1.30. The van der Waals surface area contributed by atoms with Gasteiger partial charge in [0.15, 0.2) is 0 Å². The maximum absolute atomic E-state index is 9.42. The molecule has 2 aliphatic rings. The highest BCUT2D eigenvalue weighted by atomic mass is 16.7. The zero-order valence-electron chi connectivity index (χ0n) is 14.4. The maximum Gasteiger partial charge on any atom is 0.494 e. The Balaban J connectivity index is 1.75. The van der Waals surface area contributed by atoms with Crippen molar-refractivity contribution >= 4 is 12.6 Å². The lowest BCUT2D eigenvalue weighted by Crippen LogP contribution is -2.41. The summed E-state index contributed by atoms with van der Waals surface area (Å²) in [7, 11) is -0.451. The van der Waals surface area contributed by atoms with Crippen LogP contribution in [0.15, 0.2) is 18.2 Å². The number of benzene rings is 1. The third kappa shape index (κ3) is 3.11. The van der Waals surface area contributed by atoms with Crippen LogP contribution in [0.1, 0.15) is 52.5 Å². The van der Waals surface area contributed by atoms with Crippen molar-refractivity contribution in [3.63, 3.8) is 0 Å². The van der Waals surface area contributed by atoms with Gasteiger partial charge in [-0.05, 0) is 64.1 Å². The second kappa shape index (κ2) is 5.85. The highest BCUT2D eigenvalue weighted by Crippen LogP contribution is 2.36. The van der Waals surface area contributed by atoms with Crippen molar-refractivity contribution in [3.05, 3.63) is 23.8 Å². The SMILES string of the molecule is CC1(C)OB(c2ccc(OCC3CCC3)c(C#N)c2)OC1(C)C. The second-order valence-corrected chi connectivity index (χ2v) is 7.56. The van der Waals surface area contributed by atoms with E-state index < -0.39 is 7.12 Å². The molecule has 1 heterocycles. The molecule has 0 spiro atoms. The molecule has 0 amide bonds. The quantitative estimate of drug-likeness (QED) is 0.802. The average molecular weight is 313 g/mol. The maximum atomic E-state index is 9.42. The minimum absolute atomic E-state index is 0.385. The van der Waals surface area contributed by atoms with Crippen molar-refractivity contribution in [2.75, 3.05) is 6.61 Å². The van der Waals surface area contributed by atoms with Gasteiger partial charge >= 0.3 is 7.12 Å². The van der Waals surface area contributed by atoms with E-state index in [1.165, 1.54) is 19.3 Å². The van der Waals surface area contributed by atoms with E-state index in [9.17, 15) is 5.26 Å². The van der Waals surface area contributed by atoms with E-state index in [-0.39, 0.29) is 11.2 Å². The van der Waals surface area contributed by atoms with Gasteiger partial charge in [-0.2, -0.15) is 5.26 Å². The fraction of sp³-hybridized carbons (Fsp3) is 0.611. The Morgan fingerprint density at radius 1 is 1.22 bits per heavy atom. The molecule has 1 saturated carbocycles. The minimum Gasteiger partial charge on any atom is -0.492 e. The average Bonchev–Trinajstić information content (AvgIpc) is 2.66. The molecule has 3 rings (SSSR count). The molecule has 0 unspecified atom stereocenters. The summed E-state index contributed by atoms with van der Waals surface area (Å²) in [5, 5.41) is 9.42. The van der Waals surface area contributed by atoms with Gasteiger partial charge in [0.25, 0.3) is 0 Å². The summed E-state index contributed by atoms with van der Waals surface area (Å²) < 4.78 is 17.9. The third-order valence-corrected chi connectivity index (χ3v) is 5.35. The predicted octanol–water partition coefficient (Wildman–Crippen LogP) is 3.04. The predicted molar refractivity (Wildman–Crippen MR) is 89.7 cm³/mol. The lowest BCUT2D eigenvalue weighted by molar-refractivity contribution is 0.00578. The van der Waals surface area contributed by atoms with Gasteiger partial charge in [-0.15, -0.1) is 0 Å². The van der Waals surface area contributed by atoms with Crippen molar-refractivity contribution in [3.8, 4) is 11.8 Å². The second-order valence-electron chi connectivity index (χ2n) is 7.56. The van der Waals surface area contributed by atoms with Crippen molar-refractivity contribution in [2.45, 2.75) is 58.2 Å². The van der Waals surface area contributed by atoms with Gasteiger partial charge in [0, 0.05) is 0 Å². The van der Waals surface area contributed by atoms with Crippen LogP contribution >= 0.6 is 0 Å². The Bertz CT molecular complexity index is 616. The topological polar surface area (TPSA) is 51.5 Å². The van der Waals surface area contributed by atoms with Gasteiger partial charge in [-0.1, -0.05) is 12.5 Å². The summed E-state index contributed by atoms with van der Waals surface area (Å²) >= 11 is 0. The molecule has 5 heteroatoms. The molecule has 23 heavy (non-hydrogen) atoms. The Morgan fingerprint density at radius 3 is 2.39 bits per heavy atom. The van der Waals surface area contributed by atoms with Crippen LogP contribution in [-0.4, -0.2) is 24.9 Å². The van der Waals surface area contributed by atoms with E-state index in [1.807, 2.05) is 45.9 Å². The smallest absolute Gasteiger partial charge is 0.492 e. The molecule has 1 aromatic rings. The van der Waals surface area contributed by atoms with Crippen LogP contribution in [0.25, 0.3) is 0 Å². The highest BCUT2D eigenvalue weighted by Gasteiger charge is 2.51. The first-order valence-electron chi connectivity index (χ1n) is 8.35. The molecule has 0 N–H and O–H groups in total. The van der Waals surface area contributed by atoms with Crippen LogP contribution in [0.4, 0.5) is 0 Å². The standard InChI is InChI=1S/C18H24BNO3/c1-17(2)18(3,4)23-19(22-17)15-8-9-16(14(10-15)11-20)21-12-13-6-5-7-13/h8-10,13H,5-7,12H2,1-4H3. The van der Waals surface area contributed by atoms with Crippen LogP contribution in [0, 0.1) is 17.2 Å². The van der Waals surface area contributed by atoms with Crippen molar-refractivity contribution < 1.29 is 14.0 Å². The van der Waals surface area contributed by atoms with Crippen LogP contribution in [0.2, 0.25) is 0 Å². The normalized spacial score (nSPS) is 22.5. The molecule has 1 aliphatic heterocycles. The zero-order valence-corrected chi connectivity index (χ0v) is 14.4. The number of hydrogen-bond acceptors (Lipinski definition) is 4. The van der Waals surface area contributed by atoms with Crippen molar-refractivity contribution in [2.24, 2.45) is 5.92 Å². The summed E-state index contributed by atoms with van der Waals surface area (Å²) in [4.78, 5) is 0. The van der Waals surface area contributed by atoms with E-state index in [4.69, 9.17) is 14.0 Å². The first kappa shape index (κ1) is 16.4. The first-order chi connectivity index (χ1) is 10.8. The zero-order chi connectivity index (χ0) is 16.7. The first-order valence-corrected chi connectivity index (χ1v) is 8.35. The number of ether oxygens (including phenoxy) is 1. The number of hydrogen-bond donors (Lipinski definition) is 0. The van der Waals surface area contributed by atoms with Gasteiger partial charge in [0.2, 0.25) is 0 Å². The summed E-state index contributed by atoms with van der Waals surface area (Å²) in [6.45, 7) is 8.79. The molecular formula is C18H24BNO3. The minimum atomic E-state index is -0.451. The lowest BCUT2D eigenvalue weighted by atomic mass is 9.78. The van der Waals surface area contributed by atoms with E-state index >= 15 is 0 Å². The molecule has 0 atom stereocenters. The molecule has 2 fully saturated rings. The number of nitrogens with zero attached hydrogens (tertiary/aromatic N) is 1. The van der Waals surface area contributed by atoms with E-state index in [2.05, 4.69) is 6.07 Å². The Hall–Kier alpha value is -1.51. The molecular weight excluding hydrogens is 289 g/mol. The van der Waals surface area contributed by atoms with Crippen LogP contribution in [0.3, 0.4) is 0 Å². The molecule has 1 aromatic carbocycles. The largest absolute Gasteiger partial charge is 0.494 e. The van der Waals surface area contributed by atoms with E-state index in [0.29, 0.717) is 23.8 Å². The summed E-state index contributed by atoms with van der Waals surface area (Å²) in [6, 6.07) is 7.83. The van der Waals surface area contributed by atoms with Crippen molar-refractivity contribution in [1.82, 2.24) is 0 Å². The van der Waals surface area contributed by atoms with Gasteiger partial charge in [-0.25, -0.2) is 0 Å². The molecule has 4 nitrogen and oxygen atoms in total. The Labute approximate surface area is 138 Å². The molecule has 122 valence electrons. The van der Waals surface area contributed by atoms with E-state index in [1.54, 1.807) is 0 Å². The summed E-state index contributed by atoms with van der Waals surface area (Å²) in [5.41, 5.74) is 0.626. The van der Waals surface area contributed by atoms with Crippen molar-refractivity contribution in [1.29, 1.82) is 5.26 Å². The molecule has 0 aromatic heterocycles. The Morgan fingerprint density at radius 2 is 1.87 bits per heavy atom. The number of nitriles is 1.